The average Bonchev–Trinajstić information content (AvgIpc) is 3.17. The number of para-hydroxylation sites is 1. The molecule has 5 rings (SSSR count). The maximum Gasteiger partial charge on any atom is 0.0689 e. The predicted molar refractivity (Wildman–Crippen MR) is 146 cm³/mol. The first-order valence-corrected chi connectivity index (χ1v) is 13.2. The second-order valence-corrected chi connectivity index (χ2v) is 11.8. The highest BCUT2D eigenvalue weighted by Gasteiger charge is 2.24. The molecule has 1 saturated carbocycles. The lowest BCUT2D eigenvalue weighted by Gasteiger charge is -2.28. The number of nitrogens with zero attached hydrogens (tertiary/aromatic N) is 1. The Labute approximate surface area is 204 Å². The molecule has 0 aliphatic heterocycles. The molecular formula is C28H30INS. The summed E-state index contributed by atoms with van der Waals surface area (Å²) in [5.41, 5.74) is 5.77. The van der Waals surface area contributed by atoms with Crippen LogP contribution in [-0.2, 0) is 5.41 Å². The van der Waals surface area contributed by atoms with Gasteiger partial charge in [0.15, 0.2) is 0 Å². The van der Waals surface area contributed by atoms with E-state index in [9.17, 15) is 0 Å². The maximum atomic E-state index is 2.53. The first kappa shape index (κ1) is 21.3. The zero-order valence-electron chi connectivity index (χ0n) is 18.6. The Morgan fingerprint density at radius 1 is 0.774 bits per heavy atom. The standard InChI is InChI=1S/C28H30INS/c1-28(2,3)23-16-9-14-21-22-15-10-18-25(27(22)31-26(21)23)30(29)24-17-8-7-13-20(24)19-11-5-4-6-12-19/h7-10,13-19H,4-6,11-12H2,1-3H3. The quantitative estimate of drug-likeness (QED) is 0.185. The first-order chi connectivity index (χ1) is 14.9. The van der Waals surface area contributed by atoms with E-state index in [-0.39, 0.29) is 5.41 Å². The van der Waals surface area contributed by atoms with Gasteiger partial charge in [-0.15, -0.1) is 11.3 Å². The van der Waals surface area contributed by atoms with Gasteiger partial charge < -0.3 is 0 Å². The molecule has 0 bridgehead atoms. The highest BCUT2D eigenvalue weighted by Crippen LogP contribution is 2.47. The van der Waals surface area contributed by atoms with E-state index in [2.05, 4.69) is 107 Å². The molecule has 3 heteroatoms. The number of rotatable bonds is 3. The van der Waals surface area contributed by atoms with Crippen LogP contribution in [0.4, 0.5) is 11.4 Å². The normalized spacial score (nSPS) is 15.6. The summed E-state index contributed by atoms with van der Waals surface area (Å²) in [6.07, 6.45) is 6.76. The minimum atomic E-state index is 0.137. The Morgan fingerprint density at radius 2 is 1.42 bits per heavy atom. The van der Waals surface area contributed by atoms with Crippen molar-refractivity contribution in [2.75, 3.05) is 3.11 Å². The van der Waals surface area contributed by atoms with Gasteiger partial charge in [0.25, 0.3) is 0 Å². The predicted octanol–water partition coefficient (Wildman–Crippen LogP) is 9.89. The number of benzene rings is 3. The summed E-state index contributed by atoms with van der Waals surface area (Å²) in [6, 6.07) is 22.7. The number of hydrogen-bond acceptors (Lipinski definition) is 2. The van der Waals surface area contributed by atoms with Crippen molar-refractivity contribution < 1.29 is 0 Å². The van der Waals surface area contributed by atoms with Crippen molar-refractivity contribution in [3.63, 3.8) is 0 Å². The Balaban J connectivity index is 1.66. The third-order valence-electron chi connectivity index (χ3n) is 6.72. The van der Waals surface area contributed by atoms with Crippen LogP contribution in [0.1, 0.15) is 69.9 Å². The van der Waals surface area contributed by atoms with Crippen LogP contribution < -0.4 is 3.11 Å². The summed E-state index contributed by atoms with van der Waals surface area (Å²) in [7, 11) is 0. The van der Waals surface area contributed by atoms with Crippen molar-refractivity contribution in [1.29, 1.82) is 0 Å². The Morgan fingerprint density at radius 3 is 2.16 bits per heavy atom. The van der Waals surface area contributed by atoms with E-state index >= 15 is 0 Å². The fraction of sp³-hybridized carbons (Fsp3) is 0.357. The largest absolute Gasteiger partial charge is 0.281 e. The molecule has 0 saturated heterocycles. The van der Waals surface area contributed by atoms with Gasteiger partial charge in [-0.2, -0.15) is 0 Å². The molecule has 1 heterocycles. The molecule has 31 heavy (non-hydrogen) atoms. The Hall–Kier alpha value is -1.59. The van der Waals surface area contributed by atoms with E-state index < -0.39 is 0 Å². The van der Waals surface area contributed by atoms with E-state index in [4.69, 9.17) is 0 Å². The van der Waals surface area contributed by atoms with E-state index in [1.165, 1.54) is 74.8 Å². The first-order valence-electron chi connectivity index (χ1n) is 11.4. The van der Waals surface area contributed by atoms with Gasteiger partial charge in [-0.25, -0.2) is 0 Å². The molecule has 160 valence electrons. The number of fused-ring (bicyclic) bond motifs is 3. The minimum absolute atomic E-state index is 0.137. The minimum Gasteiger partial charge on any atom is -0.281 e. The molecule has 0 atom stereocenters. The van der Waals surface area contributed by atoms with Gasteiger partial charge in [-0.1, -0.05) is 88.6 Å². The molecule has 1 fully saturated rings. The van der Waals surface area contributed by atoms with Crippen molar-refractivity contribution in [1.82, 2.24) is 0 Å². The Bertz CT molecular complexity index is 1230. The van der Waals surface area contributed by atoms with Gasteiger partial charge in [0, 0.05) is 15.5 Å². The molecule has 0 spiro atoms. The molecule has 0 amide bonds. The molecule has 1 aliphatic carbocycles. The van der Waals surface area contributed by atoms with Crippen molar-refractivity contribution in [3.8, 4) is 0 Å². The lowest BCUT2D eigenvalue weighted by Crippen LogP contribution is -2.10. The zero-order chi connectivity index (χ0) is 21.6. The van der Waals surface area contributed by atoms with Crippen LogP contribution in [-0.4, -0.2) is 0 Å². The molecule has 0 unspecified atom stereocenters. The number of thiophene rings is 1. The van der Waals surface area contributed by atoms with Crippen LogP contribution in [0.2, 0.25) is 0 Å². The summed E-state index contributed by atoms with van der Waals surface area (Å²) in [5.74, 6) is 0.691. The van der Waals surface area contributed by atoms with Crippen LogP contribution >= 0.6 is 34.2 Å². The van der Waals surface area contributed by atoms with Gasteiger partial charge in [0.1, 0.15) is 0 Å². The highest BCUT2D eigenvalue weighted by molar-refractivity contribution is 14.1. The summed E-state index contributed by atoms with van der Waals surface area (Å²) in [4.78, 5) is 0. The second kappa shape index (κ2) is 8.40. The summed E-state index contributed by atoms with van der Waals surface area (Å²) in [5, 5.41) is 2.76. The van der Waals surface area contributed by atoms with Gasteiger partial charge in [0.2, 0.25) is 0 Å². The van der Waals surface area contributed by atoms with Crippen LogP contribution in [0.15, 0.2) is 60.7 Å². The van der Waals surface area contributed by atoms with E-state index in [0.717, 1.165) is 0 Å². The summed E-state index contributed by atoms with van der Waals surface area (Å²) in [6.45, 7) is 6.95. The zero-order valence-corrected chi connectivity index (χ0v) is 21.6. The summed E-state index contributed by atoms with van der Waals surface area (Å²) >= 11 is 4.49. The molecular weight excluding hydrogens is 509 g/mol. The lowest BCUT2D eigenvalue weighted by atomic mass is 9.83. The van der Waals surface area contributed by atoms with Crippen molar-refractivity contribution >= 4 is 65.7 Å². The smallest absolute Gasteiger partial charge is 0.0689 e. The van der Waals surface area contributed by atoms with E-state index in [0.29, 0.717) is 5.92 Å². The highest BCUT2D eigenvalue weighted by atomic mass is 127. The number of anilines is 2. The lowest BCUT2D eigenvalue weighted by molar-refractivity contribution is 0.444. The van der Waals surface area contributed by atoms with Crippen molar-refractivity contribution in [2.24, 2.45) is 0 Å². The third-order valence-corrected chi connectivity index (χ3v) is 9.03. The van der Waals surface area contributed by atoms with Crippen molar-refractivity contribution in [2.45, 2.75) is 64.2 Å². The van der Waals surface area contributed by atoms with Gasteiger partial charge >= 0.3 is 0 Å². The summed E-state index contributed by atoms with van der Waals surface area (Å²) < 4.78 is 5.24. The fourth-order valence-electron chi connectivity index (χ4n) is 5.11. The molecule has 1 nitrogen and oxygen atoms in total. The van der Waals surface area contributed by atoms with Gasteiger partial charge in [0.05, 0.1) is 38.9 Å². The third kappa shape index (κ3) is 3.89. The van der Waals surface area contributed by atoms with Crippen LogP contribution in [0.3, 0.4) is 0 Å². The Kier molecular flexibility index (Phi) is 5.76. The second-order valence-electron chi connectivity index (χ2n) is 9.86. The van der Waals surface area contributed by atoms with Crippen LogP contribution in [0, 0.1) is 0 Å². The van der Waals surface area contributed by atoms with Crippen molar-refractivity contribution in [3.05, 3.63) is 71.8 Å². The molecule has 1 aliphatic rings. The maximum absolute atomic E-state index is 2.53. The van der Waals surface area contributed by atoms with Crippen LogP contribution in [0.5, 0.6) is 0 Å². The molecule has 3 aromatic carbocycles. The van der Waals surface area contributed by atoms with E-state index in [1.807, 2.05) is 11.3 Å². The SMILES string of the molecule is CC(C)(C)c1cccc2c1sc1c(N(I)c3ccccc3C3CCCCC3)cccc12. The molecule has 0 N–H and O–H groups in total. The monoisotopic (exact) mass is 539 g/mol. The topological polar surface area (TPSA) is 3.24 Å². The fourth-order valence-corrected chi connectivity index (χ4v) is 7.64. The number of hydrogen-bond donors (Lipinski definition) is 0. The molecule has 0 radical (unpaired) electrons. The number of halogens is 1. The van der Waals surface area contributed by atoms with E-state index in [1.54, 1.807) is 0 Å². The molecule has 1 aromatic heterocycles. The van der Waals surface area contributed by atoms with Gasteiger partial charge in [-0.3, -0.25) is 3.11 Å². The molecule has 4 aromatic rings. The van der Waals surface area contributed by atoms with Crippen LogP contribution in [0.25, 0.3) is 20.2 Å². The average molecular weight is 540 g/mol. The van der Waals surface area contributed by atoms with Gasteiger partial charge in [-0.05, 0) is 47.4 Å².